The zero-order chi connectivity index (χ0) is 20.4. The molecular weight excluding hydrogens is 390 g/mol. The summed E-state index contributed by atoms with van der Waals surface area (Å²) < 4.78 is 5.34. The van der Waals surface area contributed by atoms with Crippen molar-refractivity contribution in [2.75, 3.05) is 0 Å². The van der Waals surface area contributed by atoms with E-state index in [2.05, 4.69) is 11.1 Å². The van der Waals surface area contributed by atoms with Crippen LogP contribution in [0.2, 0.25) is 0 Å². The van der Waals surface area contributed by atoms with Crippen LogP contribution in [0.1, 0.15) is 10.6 Å². The molecule has 0 saturated heterocycles. The van der Waals surface area contributed by atoms with E-state index in [-0.39, 0.29) is 5.69 Å². The Morgan fingerprint density at radius 3 is 2.69 bits per heavy atom. The monoisotopic (exact) mass is 401 g/mol. The molecule has 0 bridgehead atoms. The molecule has 0 aliphatic heterocycles. The Bertz CT molecular complexity index is 1360. The Kier molecular flexibility index (Phi) is 4.73. The van der Waals surface area contributed by atoms with Gasteiger partial charge in [0.1, 0.15) is 16.7 Å². The fourth-order valence-corrected chi connectivity index (χ4v) is 3.55. The number of hydrogen-bond acceptors (Lipinski definition) is 7. The molecule has 0 spiro atoms. The van der Waals surface area contributed by atoms with Crippen LogP contribution < -0.4 is 5.63 Å². The van der Waals surface area contributed by atoms with Crippen molar-refractivity contribution in [3.8, 4) is 17.3 Å². The molecule has 2 aromatic carbocycles. The topological polar surface area (TPSA) is 110 Å². The maximum absolute atomic E-state index is 12.3. The summed E-state index contributed by atoms with van der Waals surface area (Å²) in [7, 11) is 0. The number of aromatic nitrogens is 1. The molecule has 7 nitrogen and oxygen atoms in total. The van der Waals surface area contributed by atoms with Crippen molar-refractivity contribution >= 4 is 39.6 Å². The van der Waals surface area contributed by atoms with Crippen LogP contribution in [0.25, 0.3) is 33.9 Å². The lowest BCUT2D eigenvalue weighted by atomic mass is 10.1. The first-order valence-electron chi connectivity index (χ1n) is 8.40. The molecule has 2 aromatic heterocycles. The predicted molar refractivity (Wildman–Crippen MR) is 110 cm³/mol. The molecule has 140 valence electrons. The number of fused-ring (bicyclic) bond motifs is 1. The predicted octanol–water partition coefficient (Wildman–Crippen LogP) is 4.89. The summed E-state index contributed by atoms with van der Waals surface area (Å²) >= 11 is 1.23. The SMILES string of the molecule is N#CC(=Cc1ccc([N+](=O)[O-])cc1)c1nc(-c2cc3ccccc3oc2=O)cs1. The van der Waals surface area contributed by atoms with Gasteiger partial charge in [0.15, 0.2) is 0 Å². The standard InChI is InChI=1S/C21H11N3O4S/c22-11-15(9-13-5-7-16(8-6-13)24(26)27)20-23-18(12-29-20)17-10-14-3-1-2-4-19(14)28-21(17)25/h1-10,12H. The van der Waals surface area contributed by atoms with Crippen molar-refractivity contribution in [3.63, 3.8) is 0 Å². The summed E-state index contributed by atoms with van der Waals surface area (Å²) in [6, 6.07) is 16.8. The van der Waals surface area contributed by atoms with E-state index in [0.717, 1.165) is 5.39 Å². The first-order chi connectivity index (χ1) is 14.0. The highest BCUT2D eigenvalue weighted by atomic mass is 32.1. The number of non-ortho nitro benzene ring substituents is 1. The molecule has 0 saturated carbocycles. The number of nitro benzene ring substituents is 1. The smallest absolute Gasteiger partial charge is 0.345 e. The zero-order valence-electron chi connectivity index (χ0n) is 14.7. The van der Waals surface area contributed by atoms with Gasteiger partial charge in [-0.1, -0.05) is 18.2 Å². The summed E-state index contributed by atoms with van der Waals surface area (Å²) in [5, 5.41) is 23.2. The summed E-state index contributed by atoms with van der Waals surface area (Å²) in [4.78, 5) is 27.0. The van der Waals surface area contributed by atoms with Crippen LogP contribution >= 0.6 is 11.3 Å². The van der Waals surface area contributed by atoms with Crippen molar-refractivity contribution in [2.45, 2.75) is 0 Å². The number of hydrogen-bond donors (Lipinski definition) is 0. The largest absolute Gasteiger partial charge is 0.422 e. The molecule has 0 unspecified atom stereocenters. The third kappa shape index (κ3) is 3.67. The molecule has 0 aliphatic rings. The molecule has 0 fully saturated rings. The average molecular weight is 401 g/mol. The number of nitrogens with zero attached hydrogens (tertiary/aromatic N) is 3. The summed E-state index contributed by atoms with van der Waals surface area (Å²) in [6.45, 7) is 0. The number of rotatable bonds is 4. The summed E-state index contributed by atoms with van der Waals surface area (Å²) in [5.74, 6) is 0. The molecule has 8 heteroatoms. The van der Waals surface area contributed by atoms with E-state index in [1.165, 1.54) is 23.5 Å². The Morgan fingerprint density at radius 2 is 1.97 bits per heavy atom. The van der Waals surface area contributed by atoms with Crippen LogP contribution in [-0.2, 0) is 0 Å². The van der Waals surface area contributed by atoms with Gasteiger partial charge in [-0.3, -0.25) is 10.1 Å². The molecule has 0 radical (unpaired) electrons. The van der Waals surface area contributed by atoms with Crippen molar-refractivity contribution in [1.29, 1.82) is 5.26 Å². The first-order valence-corrected chi connectivity index (χ1v) is 9.28. The van der Waals surface area contributed by atoms with Crippen LogP contribution in [0.3, 0.4) is 0 Å². The molecule has 0 N–H and O–H groups in total. The molecule has 0 aliphatic carbocycles. The highest BCUT2D eigenvalue weighted by Crippen LogP contribution is 2.27. The number of benzene rings is 2. The number of para-hydroxylation sites is 1. The fraction of sp³-hybridized carbons (Fsp3) is 0. The van der Waals surface area contributed by atoms with Gasteiger partial charge < -0.3 is 4.42 Å². The van der Waals surface area contributed by atoms with Crippen molar-refractivity contribution in [2.24, 2.45) is 0 Å². The van der Waals surface area contributed by atoms with Crippen molar-refractivity contribution in [1.82, 2.24) is 4.98 Å². The van der Waals surface area contributed by atoms with Gasteiger partial charge in [-0.05, 0) is 35.9 Å². The molecule has 4 rings (SSSR count). The van der Waals surface area contributed by atoms with Gasteiger partial charge in [-0.25, -0.2) is 9.78 Å². The minimum atomic E-state index is -0.501. The zero-order valence-corrected chi connectivity index (χ0v) is 15.6. The van der Waals surface area contributed by atoms with Crippen molar-refractivity contribution < 1.29 is 9.34 Å². The van der Waals surface area contributed by atoms with E-state index >= 15 is 0 Å². The quantitative estimate of drug-likeness (QED) is 0.208. The number of nitriles is 1. The highest BCUT2D eigenvalue weighted by molar-refractivity contribution is 7.11. The lowest BCUT2D eigenvalue weighted by molar-refractivity contribution is -0.384. The molecule has 2 heterocycles. The molecule has 4 aromatic rings. The Labute approximate surface area is 168 Å². The van der Waals surface area contributed by atoms with Crippen LogP contribution in [0.5, 0.6) is 0 Å². The van der Waals surface area contributed by atoms with Gasteiger partial charge in [0.05, 0.1) is 21.8 Å². The van der Waals surface area contributed by atoms with Crippen LogP contribution in [0, 0.1) is 21.4 Å². The van der Waals surface area contributed by atoms with E-state index in [4.69, 9.17) is 4.42 Å². The van der Waals surface area contributed by atoms with Crippen LogP contribution in [-0.4, -0.2) is 9.91 Å². The fourth-order valence-electron chi connectivity index (χ4n) is 2.76. The second kappa shape index (κ2) is 7.50. The normalized spacial score (nSPS) is 11.3. The van der Waals surface area contributed by atoms with Gasteiger partial charge in [0.2, 0.25) is 0 Å². The van der Waals surface area contributed by atoms with Gasteiger partial charge >= 0.3 is 5.63 Å². The van der Waals surface area contributed by atoms with Crippen LogP contribution in [0.4, 0.5) is 5.69 Å². The molecular formula is C21H11N3O4S. The average Bonchev–Trinajstić information content (AvgIpc) is 3.21. The third-order valence-electron chi connectivity index (χ3n) is 4.19. The van der Waals surface area contributed by atoms with Crippen LogP contribution in [0.15, 0.2) is 69.2 Å². The molecule has 29 heavy (non-hydrogen) atoms. The summed E-state index contributed by atoms with van der Waals surface area (Å²) in [6.07, 6.45) is 1.59. The second-order valence-corrected chi connectivity index (χ2v) is 6.90. The summed E-state index contributed by atoms with van der Waals surface area (Å²) in [5.41, 5.74) is 1.63. The third-order valence-corrected chi connectivity index (χ3v) is 5.06. The highest BCUT2D eigenvalue weighted by Gasteiger charge is 2.14. The van der Waals surface area contributed by atoms with E-state index in [0.29, 0.717) is 33.0 Å². The number of nitro groups is 1. The van der Waals surface area contributed by atoms with Gasteiger partial charge in [-0.15, -0.1) is 11.3 Å². The van der Waals surface area contributed by atoms with Gasteiger partial charge in [0.25, 0.3) is 5.69 Å². The maximum Gasteiger partial charge on any atom is 0.345 e. The van der Waals surface area contributed by atoms with Gasteiger partial charge in [0, 0.05) is 22.9 Å². The lowest BCUT2D eigenvalue weighted by Gasteiger charge is -1.99. The molecule has 0 atom stereocenters. The Morgan fingerprint density at radius 1 is 1.21 bits per heavy atom. The number of allylic oxidation sites excluding steroid dienone is 1. The first kappa shape index (κ1) is 18.3. The van der Waals surface area contributed by atoms with E-state index in [9.17, 15) is 20.2 Å². The minimum absolute atomic E-state index is 0.0276. The van der Waals surface area contributed by atoms with Crippen molar-refractivity contribution in [3.05, 3.63) is 91.1 Å². The Hall–Kier alpha value is -4.09. The molecule has 0 amide bonds. The van der Waals surface area contributed by atoms with E-state index < -0.39 is 10.5 Å². The Balaban J connectivity index is 1.70. The van der Waals surface area contributed by atoms with Gasteiger partial charge in [-0.2, -0.15) is 5.26 Å². The lowest BCUT2D eigenvalue weighted by Crippen LogP contribution is -2.02. The maximum atomic E-state index is 12.3. The van der Waals surface area contributed by atoms with E-state index in [1.54, 1.807) is 41.8 Å². The second-order valence-electron chi connectivity index (χ2n) is 6.04. The van der Waals surface area contributed by atoms with E-state index in [1.807, 2.05) is 12.1 Å². The number of thiazole rings is 1. The minimum Gasteiger partial charge on any atom is -0.422 e.